The Bertz CT molecular complexity index is 1230. The van der Waals surface area contributed by atoms with E-state index in [-0.39, 0.29) is 12.4 Å². The summed E-state index contributed by atoms with van der Waals surface area (Å²) in [5.74, 6) is 1.11. The molecule has 0 aliphatic carbocycles. The van der Waals surface area contributed by atoms with E-state index in [1.165, 1.54) is 12.1 Å². The number of rotatable bonds is 5. The number of nitrogens with zero attached hydrogens (tertiary/aromatic N) is 4. The van der Waals surface area contributed by atoms with E-state index in [2.05, 4.69) is 16.3 Å². The second-order valence-corrected chi connectivity index (χ2v) is 8.24. The summed E-state index contributed by atoms with van der Waals surface area (Å²) in [5.41, 5.74) is 3.45. The first-order valence-corrected chi connectivity index (χ1v) is 10.8. The van der Waals surface area contributed by atoms with E-state index in [9.17, 15) is 9.50 Å². The quantitative estimate of drug-likeness (QED) is 0.641. The molecule has 0 radical (unpaired) electrons. The predicted octanol–water partition coefficient (Wildman–Crippen LogP) is 3.90. The Hall–Kier alpha value is -3.65. The molecule has 8 heteroatoms. The van der Waals surface area contributed by atoms with Gasteiger partial charge in [0.2, 0.25) is 0 Å². The molecule has 0 amide bonds. The summed E-state index contributed by atoms with van der Waals surface area (Å²) < 4.78 is 20.9. The zero-order valence-electron chi connectivity index (χ0n) is 18.5. The predicted molar refractivity (Wildman–Crippen MR) is 123 cm³/mol. The minimum atomic E-state index is -1.15. The molecule has 1 unspecified atom stereocenters. The molecule has 1 saturated heterocycles. The van der Waals surface area contributed by atoms with Crippen molar-refractivity contribution in [2.24, 2.45) is 12.2 Å². The molecule has 1 atom stereocenters. The topological polar surface area (TPSA) is 72.1 Å². The van der Waals surface area contributed by atoms with Crippen molar-refractivity contribution in [3.63, 3.8) is 0 Å². The number of fused-ring (bicyclic) bond motifs is 1. The molecule has 2 aromatic carbocycles. The zero-order chi connectivity index (χ0) is 23.0. The monoisotopic (exact) mass is 448 g/mol. The fourth-order valence-electron chi connectivity index (χ4n) is 4.50. The Morgan fingerprint density at radius 3 is 2.76 bits per heavy atom. The van der Waals surface area contributed by atoms with Gasteiger partial charge in [0.15, 0.2) is 5.84 Å². The molecular formula is C25H25FN4O3. The van der Waals surface area contributed by atoms with Gasteiger partial charge in [-0.25, -0.2) is 4.39 Å². The number of aryl methyl sites for hydroxylation is 1. The lowest BCUT2D eigenvalue weighted by Gasteiger charge is -2.38. The second-order valence-electron chi connectivity index (χ2n) is 8.24. The molecule has 3 heterocycles. The van der Waals surface area contributed by atoms with E-state index >= 15 is 0 Å². The van der Waals surface area contributed by atoms with Crippen molar-refractivity contribution in [2.75, 3.05) is 20.3 Å². The highest BCUT2D eigenvalue weighted by Gasteiger charge is 2.49. The summed E-state index contributed by atoms with van der Waals surface area (Å²) in [6, 6.07) is 12.0. The summed E-state index contributed by atoms with van der Waals surface area (Å²) in [6.07, 6.45) is 7.54. The highest BCUT2D eigenvalue weighted by molar-refractivity contribution is 6.03. The van der Waals surface area contributed by atoms with E-state index in [0.29, 0.717) is 17.9 Å². The van der Waals surface area contributed by atoms with Crippen molar-refractivity contribution < 1.29 is 19.1 Å². The Labute approximate surface area is 191 Å². The number of ether oxygens (including phenoxy) is 1. The molecule has 3 aromatic rings. The Morgan fingerprint density at radius 1 is 1.24 bits per heavy atom. The number of oxime groups is 1. The SMILES string of the molecule is COc1cc(/C=C2\CCCN3C2=NOC3(CO)c2ccc(F)cc2)ccc1-c1cnn(C)c1. The minimum Gasteiger partial charge on any atom is -0.496 e. The normalized spacial score (nSPS) is 21.0. The first kappa shape index (κ1) is 21.2. The fraction of sp³-hybridized carbons (Fsp3) is 0.280. The minimum absolute atomic E-state index is 0.299. The van der Waals surface area contributed by atoms with Crippen molar-refractivity contribution in [2.45, 2.75) is 18.6 Å². The zero-order valence-corrected chi connectivity index (χ0v) is 18.5. The third kappa shape index (κ3) is 3.66. The largest absolute Gasteiger partial charge is 0.496 e. The summed E-state index contributed by atoms with van der Waals surface area (Å²) in [6.45, 7) is 0.379. The number of hydrogen-bond donors (Lipinski definition) is 1. The average Bonchev–Trinajstić information content (AvgIpc) is 3.44. The lowest BCUT2D eigenvalue weighted by Crippen LogP contribution is -2.51. The number of aliphatic hydroxyl groups excluding tert-OH is 1. The van der Waals surface area contributed by atoms with Crippen LogP contribution in [0.25, 0.3) is 17.2 Å². The van der Waals surface area contributed by atoms with E-state index in [4.69, 9.17) is 9.57 Å². The molecule has 2 aliphatic heterocycles. The van der Waals surface area contributed by atoms with Gasteiger partial charge in [-0.05, 0) is 66.5 Å². The third-order valence-electron chi connectivity index (χ3n) is 6.18. The van der Waals surface area contributed by atoms with Crippen LogP contribution in [0.5, 0.6) is 5.75 Å². The van der Waals surface area contributed by atoms with Gasteiger partial charge in [-0.3, -0.25) is 4.68 Å². The number of aliphatic hydroxyl groups is 1. The van der Waals surface area contributed by atoms with Gasteiger partial charge >= 0.3 is 0 Å². The van der Waals surface area contributed by atoms with Crippen LogP contribution in [0.1, 0.15) is 24.0 Å². The first-order chi connectivity index (χ1) is 16.0. The molecule has 1 fully saturated rings. The van der Waals surface area contributed by atoms with Gasteiger partial charge in [0, 0.05) is 36.5 Å². The van der Waals surface area contributed by atoms with Crippen LogP contribution in [0, 0.1) is 5.82 Å². The molecule has 0 bridgehead atoms. The van der Waals surface area contributed by atoms with Gasteiger partial charge in [0.05, 0.1) is 13.3 Å². The van der Waals surface area contributed by atoms with Gasteiger partial charge in [-0.2, -0.15) is 5.10 Å². The highest BCUT2D eigenvalue weighted by atomic mass is 19.1. The van der Waals surface area contributed by atoms with Gasteiger partial charge in [0.1, 0.15) is 18.2 Å². The van der Waals surface area contributed by atoms with Crippen LogP contribution in [0.4, 0.5) is 4.39 Å². The highest BCUT2D eigenvalue weighted by Crippen LogP contribution is 2.40. The van der Waals surface area contributed by atoms with Crippen molar-refractivity contribution in [3.8, 4) is 16.9 Å². The number of halogens is 1. The van der Waals surface area contributed by atoms with Crippen molar-refractivity contribution in [1.29, 1.82) is 0 Å². The molecule has 0 saturated carbocycles. The van der Waals surface area contributed by atoms with E-state index in [1.54, 1.807) is 23.9 Å². The van der Waals surface area contributed by atoms with Gasteiger partial charge < -0.3 is 19.6 Å². The number of hydrogen-bond acceptors (Lipinski definition) is 6. The number of aromatic nitrogens is 2. The molecule has 1 aromatic heterocycles. The molecule has 7 nitrogen and oxygen atoms in total. The van der Waals surface area contributed by atoms with Gasteiger partial charge in [-0.1, -0.05) is 11.2 Å². The second kappa shape index (κ2) is 8.37. The van der Waals surface area contributed by atoms with Crippen LogP contribution in [0.2, 0.25) is 0 Å². The van der Waals surface area contributed by atoms with Crippen molar-refractivity contribution >= 4 is 11.9 Å². The Kier molecular flexibility index (Phi) is 5.38. The lowest BCUT2D eigenvalue weighted by atomic mass is 9.94. The van der Waals surface area contributed by atoms with Crippen LogP contribution < -0.4 is 4.74 Å². The third-order valence-corrected chi connectivity index (χ3v) is 6.18. The number of piperidine rings is 1. The van der Waals surface area contributed by atoms with E-state index in [1.807, 2.05) is 42.5 Å². The summed E-state index contributed by atoms with van der Waals surface area (Å²) in [4.78, 5) is 7.79. The summed E-state index contributed by atoms with van der Waals surface area (Å²) in [5, 5.41) is 18.9. The summed E-state index contributed by atoms with van der Waals surface area (Å²) in [7, 11) is 3.54. The average molecular weight is 448 g/mol. The molecule has 0 spiro atoms. The maximum Gasteiger partial charge on any atom is 0.260 e. The van der Waals surface area contributed by atoms with Crippen LogP contribution in [-0.4, -0.2) is 45.9 Å². The molecule has 33 heavy (non-hydrogen) atoms. The van der Waals surface area contributed by atoms with Crippen LogP contribution in [0.15, 0.2) is 65.6 Å². The molecular weight excluding hydrogens is 423 g/mol. The van der Waals surface area contributed by atoms with Crippen LogP contribution >= 0.6 is 0 Å². The Balaban J connectivity index is 1.47. The number of methoxy groups -OCH3 is 1. The van der Waals surface area contributed by atoms with Crippen LogP contribution in [0.3, 0.4) is 0 Å². The number of amidine groups is 1. The molecule has 1 N–H and O–H groups in total. The fourth-order valence-corrected chi connectivity index (χ4v) is 4.50. The maximum absolute atomic E-state index is 13.5. The lowest BCUT2D eigenvalue weighted by molar-refractivity contribution is -0.137. The molecule has 2 aliphatic rings. The Morgan fingerprint density at radius 2 is 2.06 bits per heavy atom. The van der Waals surface area contributed by atoms with Crippen molar-refractivity contribution in [3.05, 3.63) is 77.4 Å². The van der Waals surface area contributed by atoms with Gasteiger partial charge in [-0.15, -0.1) is 0 Å². The van der Waals surface area contributed by atoms with E-state index in [0.717, 1.165) is 40.9 Å². The van der Waals surface area contributed by atoms with E-state index < -0.39 is 5.72 Å². The van der Waals surface area contributed by atoms with Gasteiger partial charge in [0.25, 0.3) is 5.72 Å². The van der Waals surface area contributed by atoms with Crippen molar-refractivity contribution in [1.82, 2.24) is 14.7 Å². The number of benzene rings is 2. The first-order valence-electron chi connectivity index (χ1n) is 10.8. The summed E-state index contributed by atoms with van der Waals surface area (Å²) >= 11 is 0. The van der Waals surface area contributed by atoms with Crippen LogP contribution in [-0.2, 0) is 17.6 Å². The molecule has 5 rings (SSSR count). The molecule has 170 valence electrons. The maximum atomic E-state index is 13.5. The standard InChI is InChI=1S/C25H25FN4O3/c1-29-15-19(14-27-29)22-10-5-17(13-23(22)32-2)12-18-4-3-11-30-24(18)28-33-25(30,16-31)20-6-8-21(26)9-7-20/h5-10,12-15,31H,3-4,11,16H2,1-2H3/b18-12+. The smallest absolute Gasteiger partial charge is 0.260 e.